The highest BCUT2D eigenvalue weighted by Crippen LogP contribution is 2.46. The molecular weight excluding hydrogens is 407 g/mol. The summed E-state index contributed by atoms with van der Waals surface area (Å²) in [6.07, 6.45) is 7.58. The lowest BCUT2D eigenvalue weighted by molar-refractivity contribution is 0.0655. The largest absolute Gasteiger partial charge is 0.489 e. The van der Waals surface area contributed by atoms with Gasteiger partial charge >= 0.3 is 6.03 Å². The molecule has 5 rings (SSSR count). The SMILES string of the molecule is Cc1cc(OC2CC2)cnc1N1CC2(CCC(c3cccc(F)c3)(N(C)C)CC2)NC1=O. The van der Waals surface area contributed by atoms with Crippen molar-refractivity contribution in [2.45, 2.75) is 62.6 Å². The summed E-state index contributed by atoms with van der Waals surface area (Å²) in [5, 5.41) is 3.26. The number of ether oxygens (including phenoxy) is 1. The Hall–Kier alpha value is -2.67. The number of pyridine rings is 1. The number of aryl methyl sites for hydroxylation is 1. The van der Waals surface area contributed by atoms with Crippen LogP contribution in [-0.2, 0) is 5.54 Å². The molecule has 0 radical (unpaired) electrons. The van der Waals surface area contributed by atoms with Crippen LogP contribution in [0.1, 0.15) is 49.7 Å². The van der Waals surface area contributed by atoms with Gasteiger partial charge in [0.1, 0.15) is 17.4 Å². The topological polar surface area (TPSA) is 57.7 Å². The zero-order chi connectivity index (χ0) is 22.5. The maximum atomic E-state index is 14.0. The van der Waals surface area contributed by atoms with Crippen molar-refractivity contribution in [1.29, 1.82) is 0 Å². The lowest BCUT2D eigenvalue weighted by atomic mass is 9.69. The number of rotatable bonds is 5. The Morgan fingerprint density at radius 1 is 1.19 bits per heavy atom. The second-order valence-electron chi connectivity index (χ2n) is 9.86. The number of urea groups is 1. The molecule has 6 nitrogen and oxygen atoms in total. The van der Waals surface area contributed by atoms with Gasteiger partial charge in [0.2, 0.25) is 0 Å². The monoisotopic (exact) mass is 438 g/mol. The van der Waals surface area contributed by atoms with Crippen molar-refractivity contribution < 1.29 is 13.9 Å². The maximum Gasteiger partial charge on any atom is 0.323 e. The van der Waals surface area contributed by atoms with Gasteiger partial charge in [-0.1, -0.05) is 12.1 Å². The third kappa shape index (κ3) is 3.72. The first-order valence-corrected chi connectivity index (χ1v) is 11.5. The Kier molecular flexibility index (Phi) is 5.12. The molecule has 2 amide bonds. The quantitative estimate of drug-likeness (QED) is 0.753. The van der Waals surface area contributed by atoms with Gasteiger partial charge in [-0.3, -0.25) is 9.80 Å². The molecule has 1 aromatic heterocycles. The summed E-state index contributed by atoms with van der Waals surface area (Å²) in [6, 6.07) is 8.81. The fraction of sp³-hybridized carbons (Fsp3) is 0.520. The van der Waals surface area contributed by atoms with Gasteiger partial charge in [0.05, 0.1) is 24.4 Å². The summed E-state index contributed by atoms with van der Waals surface area (Å²) < 4.78 is 19.8. The highest BCUT2D eigenvalue weighted by molar-refractivity contribution is 5.95. The van der Waals surface area contributed by atoms with E-state index in [0.29, 0.717) is 18.5 Å². The minimum Gasteiger partial charge on any atom is -0.489 e. The van der Waals surface area contributed by atoms with Gasteiger partial charge in [-0.15, -0.1) is 0 Å². The number of halogens is 1. The number of carbonyl (C=O) groups excluding carboxylic acids is 1. The van der Waals surface area contributed by atoms with Gasteiger partial charge in [-0.25, -0.2) is 14.2 Å². The molecule has 1 N–H and O–H groups in total. The highest BCUT2D eigenvalue weighted by atomic mass is 19.1. The molecule has 1 aliphatic heterocycles. The molecule has 7 heteroatoms. The van der Waals surface area contributed by atoms with Gasteiger partial charge in [0.25, 0.3) is 0 Å². The van der Waals surface area contributed by atoms with E-state index in [9.17, 15) is 9.18 Å². The number of nitrogens with zero attached hydrogens (tertiary/aromatic N) is 3. The molecule has 170 valence electrons. The summed E-state index contributed by atoms with van der Waals surface area (Å²) in [5.41, 5.74) is 1.42. The standard InChI is InChI=1S/C25H31FN4O2/c1-17-13-21(32-20-7-8-20)15-27-22(17)30-16-24(28-23(30)31)9-11-25(12-10-24,29(2)3)18-5-4-6-19(26)14-18/h4-6,13-15,20H,7-12,16H2,1-3H3,(H,28,31). The average Bonchev–Trinajstić information content (AvgIpc) is 3.51. The summed E-state index contributed by atoms with van der Waals surface area (Å²) in [7, 11) is 4.11. The summed E-state index contributed by atoms with van der Waals surface area (Å²) in [5.74, 6) is 1.25. The third-order valence-corrected chi connectivity index (χ3v) is 7.44. The number of hydrogen-bond donors (Lipinski definition) is 1. The smallest absolute Gasteiger partial charge is 0.323 e. The van der Waals surface area contributed by atoms with Crippen molar-refractivity contribution >= 4 is 11.8 Å². The van der Waals surface area contributed by atoms with Gasteiger partial charge in [0, 0.05) is 5.54 Å². The molecule has 2 aromatic rings. The number of carbonyl (C=O) groups is 1. The second kappa shape index (κ2) is 7.73. The Labute approximate surface area is 188 Å². The van der Waals surface area contributed by atoms with Crippen molar-refractivity contribution in [3.8, 4) is 5.75 Å². The van der Waals surface area contributed by atoms with Gasteiger partial charge < -0.3 is 10.1 Å². The third-order valence-electron chi connectivity index (χ3n) is 7.44. The predicted octanol–water partition coefficient (Wildman–Crippen LogP) is 4.37. The average molecular weight is 439 g/mol. The van der Waals surface area contributed by atoms with Crippen LogP contribution in [0.25, 0.3) is 0 Å². The van der Waals surface area contributed by atoms with E-state index in [1.54, 1.807) is 23.2 Å². The van der Waals surface area contributed by atoms with Crippen LogP contribution in [0, 0.1) is 12.7 Å². The molecule has 32 heavy (non-hydrogen) atoms. The van der Waals surface area contributed by atoms with E-state index in [0.717, 1.165) is 55.4 Å². The predicted molar refractivity (Wildman–Crippen MR) is 121 cm³/mol. The number of anilines is 1. The van der Waals surface area contributed by atoms with Crippen LogP contribution in [0.15, 0.2) is 36.5 Å². The second-order valence-corrected chi connectivity index (χ2v) is 9.86. The molecule has 1 aromatic carbocycles. The van der Waals surface area contributed by atoms with Crippen molar-refractivity contribution in [2.75, 3.05) is 25.5 Å². The van der Waals surface area contributed by atoms with E-state index >= 15 is 0 Å². The molecule has 3 aliphatic rings. The normalized spacial score (nSPS) is 27.8. The van der Waals surface area contributed by atoms with Gasteiger partial charge in [0.15, 0.2) is 0 Å². The number of amides is 2. The Morgan fingerprint density at radius 3 is 2.56 bits per heavy atom. The Bertz CT molecular complexity index is 1030. The fourth-order valence-electron chi connectivity index (χ4n) is 5.34. The molecule has 1 spiro atoms. The number of benzene rings is 1. The first-order valence-electron chi connectivity index (χ1n) is 11.5. The van der Waals surface area contributed by atoms with Crippen LogP contribution < -0.4 is 15.0 Å². The summed E-state index contributed by atoms with van der Waals surface area (Å²) in [6.45, 7) is 2.57. The zero-order valence-corrected chi connectivity index (χ0v) is 19.0. The molecule has 0 bridgehead atoms. The first kappa shape index (κ1) is 21.2. The minimum absolute atomic E-state index is 0.0976. The maximum absolute atomic E-state index is 14.0. The van der Waals surface area contributed by atoms with Crippen LogP contribution in [-0.4, -0.2) is 48.2 Å². The van der Waals surface area contributed by atoms with E-state index in [2.05, 4.69) is 29.3 Å². The van der Waals surface area contributed by atoms with Crippen LogP contribution in [0.5, 0.6) is 5.75 Å². The molecule has 0 unspecified atom stereocenters. The lowest BCUT2D eigenvalue weighted by Crippen LogP contribution is -2.54. The van der Waals surface area contributed by atoms with Gasteiger partial charge in [-0.05, 0) is 88.9 Å². The molecule has 1 saturated heterocycles. The van der Waals surface area contributed by atoms with Crippen LogP contribution in [0.3, 0.4) is 0 Å². The van der Waals surface area contributed by atoms with Gasteiger partial charge in [-0.2, -0.15) is 0 Å². The Balaban J connectivity index is 1.34. The minimum atomic E-state index is -0.290. The van der Waals surface area contributed by atoms with E-state index in [1.165, 1.54) is 6.07 Å². The van der Waals surface area contributed by atoms with Crippen molar-refractivity contribution in [1.82, 2.24) is 15.2 Å². The summed E-state index contributed by atoms with van der Waals surface area (Å²) in [4.78, 5) is 21.5. The van der Waals surface area contributed by atoms with Crippen molar-refractivity contribution in [2.24, 2.45) is 0 Å². The highest BCUT2D eigenvalue weighted by Gasteiger charge is 2.50. The summed E-state index contributed by atoms with van der Waals surface area (Å²) >= 11 is 0. The molecule has 2 aliphatic carbocycles. The molecule has 2 heterocycles. The first-order chi connectivity index (χ1) is 15.3. The molecular formula is C25H31FN4O2. The van der Waals surface area contributed by atoms with Crippen molar-refractivity contribution in [3.63, 3.8) is 0 Å². The lowest BCUT2D eigenvalue weighted by Gasteiger charge is -2.48. The fourth-order valence-corrected chi connectivity index (χ4v) is 5.34. The number of hydrogen-bond acceptors (Lipinski definition) is 4. The number of nitrogens with one attached hydrogen (secondary N) is 1. The van der Waals surface area contributed by atoms with E-state index in [4.69, 9.17) is 4.74 Å². The zero-order valence-electron chi connectivity index (χ0n) is 19.0. The van der Waals surface area contributed by atoms with Crippen LogP contribution in [0.4, 0.5) is 15.0 Å². The van der Waals surface area contributed by atoms with E-state index in [-0.39, 0.29) is 22.9 Å². The molecule has 3 fully saturated rings. The van der Waals surface area contributed by atoms with Crippen LogP contribution in [0.2, 0.25) is 0 Å². The molecule has 0 atom stereocenters. The van der Waals surface area contributed by atoms with E-state index in [1.807, 2.05) is 19.1 Å². The number of aromatic nitrogens is 1. The van der Waals surface area contributed by atoms with Crippen molar-refractivity contribution in [3.05, 3.63) is 53.5 Å². The van der Waals surface area contributed by atoms with E-state index < -0.39 is 0 Å². The Morgan fingerprint density at radius 2 is 1.94 bits per heavy atom. The molecule has 2 saturated carbocycles. The van der Waals surface area contributed by atoms with Crippen LogP contribution >= 0.6 is 0 Å².